The van der Waals surface area contributed by atoms with Crippen LogP contribution in [0.25, 0.3) is 0 Å². The molecule has 1 aromatic carbocycles. The number of hydrogen-bond acceptors (Lipinski definition) is 6. The van der Waals surface area contributed by atoms with E-state index in [0.29, 0.717) is 10.9 Å². The molecule has 2 aromatic rings. The number of thioether (sulfide) groups is 1. The summed E-state index contributed by atoms with van der Waals surface area (Å²) in [6.07, 6.45) is -0.0221. The summed E-state index contributed by atoms with van der Waals surface area (Å²) in [6, 6.07) is 7.06. The molecule has 0 fully saturated rings. The third-order valence-corrected chi connectivity index (χ3v) is 4.37. The van der Waals surface area contributed by atoms with Crippen molar-refractivity contribution in [3.63, 3.8) is 0 Å². The van der Waals surface area contributed by atoms with E-state index in [0.717, 1.165) is 11.1 Å². The molecule has 21 heavy (non-hydrogen) atoms. The first-order valence-electron chi connectivity index (χ1n) is 6.65. The number of nitrogens with one attached hydrogen (secondary N) is 1. The SMILES string of the molecule is C[C@@H]([C@H](O)CSc1ncn[nH]1)[C@@H](O)c1ccc(CO)cc1. The standard InChI is InChI=1S/C14H19N3O3S/c1-9(12(19)7-21-14-15-8-16-17-14)13(20)11-4-2-10(6-18)3-5-11/h2-5,8-9,12-13,18-20H,6-7H2,1H3,(H,15,16,17)/t9-,12+,13+/m0/s1. The van der Waals surface area contributed by atoms with Crippen LogP contribution in [-0.2, 0) is 6.61 Å². The number of rotatable bonds is 7. The maximum absolute atomic E-state index is 10.3. The molecule has 0 bridgehead atoms. The minimum atomic E-state index is -0.761. The lowest BCUT2D eigenvalue weighted by Gasteiger charge is -2.24. The molecule has 0 amide bonds. The summed E-state index contributed by atoms with van der Waals surface area (Å²) >= 11 is 1.36. The van der Waals surface area contributed by atoms with E-state index in [-0.39, 0.29) is 12.5 Å². The van der Waals surface area contributed by atoms with Gasteiger partial charge in [0.05, 0.1) is 18.8 Å². The molecule has 114 valence electrons. The molecule has 1 aromatic heterocycles. The van der Waals surface area contributed by atoms with Crippen molar-refractivity contribution < 1.29 is 15.3 Å². The molecule has 0 aliphatic carbocycles. The van der Waals surface area contributed by atoms with Gasteiger partial charge in [-0.1, -0.05) is 43.0 Å². The topological polar surface area (TPSA) is 102 Å². The molecule has 0 aliphatic heterocycles. The summed E-state index contributed by atoms with van der Waals surface area (Å²) in [5, 5.41) is 36.6. The minimum Gasteiger partial charge on any atom is -0.392 e. The molecular weight excluding hydrogens is 290 g/mol. The zero-order valence-electron chi connectivity index (χ0n) is 11.7. The highest BCUT2D eigenvalue weighted by molar-refractivity contribution is 7.99. The Kier molecular flexibility index (Phi) is 5.75. The van der Waals surface area contributed by atoms with Crippen LogP contribution in [0.2, 0.25) is 0 Å². The summed E-state index contributed by atoms with van der Waals surface area (Å²) in [6.45, 7) is 1.78. The van der Waals surface area contributed by atoms with Gasteiger partial charge in [-0.15, -0.1) is 0 Å². The van der Waals surface area contributed by atoms with Gasteiger partial charge in [0.1, 0.15) is 6.33 Å². The normalized spacial score (nSPS) is 15.6. The lowest BCUT2D eigenvalue weighted by molar-refractivity contribution is 0.0330. The van der Waals surface area contributed by atoms with Crippen LogP contribution in [0.1, 0.15) is 24.2 Å². The number of H-pyrrole nitrogens is 1. The van der Waals surface area contributed by atoms with E-state index in [4.69, 9.17) is 5.11 Å². The van der Waals surface area contributed by atoms with Gasteiger partial charge < -0.3 is 15.3 Å². The molecule has 0 radical (unpaired) electrons. The largest absolute Gasteiger partial charge is 0.392 e. The van der Waals surface area contributed by atoms with Crippen molar-refractivity contribution in [2.45, 2.75) is 30.9 Å². The molecule has 7 heteroatoms. The summed E-state index contributed by atoms with van der Waals surface area (Å²) in [5.74, 6) is 0.0997. The van der Waals surface area contributed by atoms with Gasteiger partial charge in [0.25, 0.3) is 0 Å². The number of benzene rings is 1. The second-order valence-corrected chi connectivity index (χ2v) is 5.88. The number of aromatic nitrogens is 3. The quantitative estimate of drug-likeness (QED) is 0.572. The first kappa shape index (κ1) is 16.0. The molecule has 2 rings (SSSR count). The van der Waals surface area contributed by atoms with E-state index in [2.05, 4.69) is 15.2 Å². The monoisotopic (exact) mass is 309 g/mol. The van der Waals surface area contributed by atoms with E-state index >= 15 is 0 Å². The van der Waals surface area contributed by atoms with Crippen LogP contribution in [0.15, 0.2) is 35.7 Å². The van der Waals surface area contributed by atoms with Crippen LogP contribution in [0, 0.1) is 5.92 Å². The van der Waals surface area contributed by atoms with Crippen molar-refractivity contribution in [1.82, 2.24) is 15.2 Å². The van der Waals surface area contributed by atoms with Gasteiger partial charge in [-0.25, -0.2) is 4.98 Å². The highest BCUT2D eigenvalue weighted by Crippen LogP contribution is 2.27. The van der Waals surface area contributed by atoms with Crippen LogP contribution in [0.3, 0.4) is 0 Å². The number of aliphatic hydroxyl groups excluding tert-OH is 3. The number of aliphatic hydroxyl groups is 3. The Morgan fingerprint density at radius 3 is 2.52 bits per heavy atom. The Morgan fingerprint density at radius 2 is 1.95 bits per heavy atom. The van der Waals surface area contributed by atoms with Crippen molar-refractivity contribution in [1.29, 1.82) is 0 Å². The Morgan fingerprint density at radius 1 is 1.24 bits per heavy atom. The van der Waals surface area contributed by atoms with Gasteiger partial charge in [0.15, 0.2) is 5.16 Å². The third kappa shape index (κ3) is 4.28. The Balaban J connectivity index is 1.91. The Bertz CT molecular complexity index is 533. The molecule has 1 heterocycles. The molecule has 0 saturated heterocycles. The molecule has 0 aliphatic rings. The summed E-state index contributed by atoms with van der Waals surface area (Å²) in [5.41, 5.74) is 1.52. The zero-order chi connectivity index (χ0) is 15.2. The van der Waals surface area contributed by atoms with Gasteiger partial charge in [-0.05, 0) is 11.1 Å². The third-order valence-electron chi connectivity index (χ3n) is 3.39. The smallest absolute Gasteiger partial charge is 0.183 e. The van der Waals surface area contributed by atoms with E-state index in [1.54, 1.807) is 31.2 Å². The Hall–Kier alpha value is -1.41. The molecule has 0 spiro atoms. The molecule has 6 nitrogen and oxygen atoms in total. The van der Waals surface area contributed by atoms with Gasteiger partial charge in [0.2, 0.25) is 0 Å². The molecule has 0 saturated carbocycles. The Labute approximate surface area is 127 Å². The van der Waals surface area contributed by atoms with E-state index < -0.39 is 12.2 Å². The molecule has 0 unspecified atom stereocenters. The number of nitrogens with zero attached hydrogens (tertiary/aromatic N) is 2. The average Bonchev–Trinajstić information content (AvgIpc) is 3.04. The minimum absolute atomic E-state index is 0.0254. The summed E-state index contributed by atoms with van der Waals surface area (Å²) < 4.78 is 0. The van der Waals surface area contributed by atoms with Gasteiger partial charge in [-0.2, -0.15) is 5.10 Å². The second-order valence-electron chi connectivity index (χ2n) is 4.87. The van der Waals surface area contributed by atoms with Crippen LogP contribution in [0.5, 0.6) is 0 Å². The van der Waals surface area contributed by atoms with Crippen molar-refractivity contribution >= 4 is 11.8 Å². The fourth-order valence-corrected chi connectivity index (χ4v) is 2.79. The lowest BCUT2D eigenvalue weighted by atomic mass is 9.93. The van der Waals surface area contributed by atoms with Gasteiger partial charge in [0, 0.05) is 11.7 Å². The molecule has 4 N–H and O–H groups in total. The van der Waals surface area contributed by atoms with Gasteiger partial charge >= 0.3 is 0 Å². The predicted molar refractivity (Wildman–Crippen MR) is 79.6 cm³/mol. The maximum atomic E-state index is 10.3. The fourth-order valence-electron chi connectivity index (χ4n) is 1.91. The molecule has 3 atom stereocenters. The predicted octanol–water partition coefficient (Wildman–Crippen LogP) is 1.12. The summed E-state index contributed by atoms with van der Waals surface area (Å²) in [4.78, 5) is 3.97. The maximum Gasteiger partial charge on any atom is 0.183 e. The van der Waals surface area contributed by atoms with Gasteiger partial charge in [-0.3, -0.25) is 5.10 Å². The number of aromatic amines is 1. The number of hydrogen-bond donors (Lipinski definition) is 4. The summed E-state index contributed by atoms with van der Waals surface area (Å²) in [7, 11) is 0. The highest BCUT2D eigenvalue weighted by atomic mass is 32.2. The first-order chi connectivity index (χ1) is 10.1. The van der Waals surface area contributed by atoms with Crippen LogP contribution in [-0.4, -0.2) is 42.4 Å². The second kappa shape index (κ2) is 7.56. The lowest BCUT2D eigenvalue weighted by Crippen LogP contribution is -2.26. The van der Waals surface area contributed by atoms with Crippen LogP contribution < -0.4 is 0 Å². The highest BCUT2D eigenvalue weighted by Gasteiger charge is 2.24. The van der Waals surface area contributed by atoms with Crippen molar-refractivity contribution in [3.8, 4) is 0 Å². The first-order valence-corrected chi connectivity index (χ1v) is 7.64. The van der Waals surface area contributed by atoms with Crippen LogP contribution >= 0.6 is 11.8 Å². The van der Waals surface area contributed by atoms with Crippen molar-refractivity contribution in [2.75, 3.05) is 5.75 Å². The average molecular weight is 309 g/mol. The zero-order valence-corrected chi connectivity index (χ0v) is 12.5. The van der Waals surface area contributed by atoms with Crippen LogP contribution in [0.4, 0.5) is 0 Å². The van der Waals surface area contributed by atoms with Crippen molar-refractivity contribution in [3.05, 3.63) is 41.7 Å². The van der Waals surface area contributed by atoms with E-state index in [1.807, 2.05) is 0 Å². The van der Waals surface area contributed by atoms with E-state index in [9.17, 15) is 10.2 Å². The molecular formula is C14H19N3O3S. The van der Waals surface area contributed by atoms with Crippen molar-refractivity contribution in [2.24, 2.45) is 5.92 Å². The van der Waals surface area contributed by atoms with E-state index in [1.165, 1.54) is 18.1 Å². The fraction of sp³-hybridized carbons (Fsp3) is 0.429.